The number of nitrogens with one attached hydrogen (secondary N) is 2. The van der Waals surface area contributed by atoms with Gasteiger partial charge in [0.25, 0.3) is 0 Å². The normalized spacial score (nSPS) is 14.9. The molecule has 1 aliphatic carbocycles. The predicted octanol–water partition coefficient (Wildman–Crippen LogP) is 0.806. The van der Waals surface area contributed by atoms with E-state index in [4.69, 9.17) is 14.2 Å². The Bertz CT molecular complexity index is 1220. The molecular weight excluding hydrogens is 478 g/mol. The number of carbonyl (C=O) groups is 2. The second-order valence-electron chi connectivity index (χ2n) is 9.03. The maximum atomic E-state index is 13.2. The zero-order valence-corrected chi connectivity index (χ0v) is 21.8. The van der Waals surface area contributed by atoms with E-state index in [1.165, 1.54) is 14.0 Å². The number of fused-ring (bicyclic) bond motifs is 3. The van der Waals surface area contributed by atoms with Crippen LogP contribution in [0.15, 0.2) is 29.1 Å². The highest BCUT2D eigenvalue weighted by Crippen LogP contribution is 2.50. The number of benzene rings is 1. The van der Waals surface area contributed by atoms with Crippen molar-refractivity contribution in [1.82, 2.24) is 5.32 Å². The third kappa shape index (κ3) is 6.32. The summed E-state index contributed by atoms with van der Waals surface area (Å²) in [4.78, 5) is 36.1. The zero-order valence-electron chi connectivity index (χ0n) is 21.8. The number of carboxylic acid groups (broad SMARTS) is 1. The van der Waals surface area contributed by atoms with Crippen molar-refractivity contribution in [2.75, 3.05) is 33.2 Å². The first kappa shape index (κ1) is 27.8. The summed E-state index contributed by atoms with van der Waals surface area (Å²) in [5.74, 6) is 0.116. The van der Waals surface area contributed by atoms with E-state index < -0.39 is 12.0 Å². The van der Waals surface area contributed by atoms with Gasteiger partial charge in [0, 0.05) is 25.5 Å². The molecule has 2 unspecified atom stereocenters. The molecule has 37 heavy (non-hydrogen) atoms. The number of ether oxygens (including phenoxy) is 3. The van der Waals surface area contributed by atoms with E-state index in [9.17, 15) is 19.5 Å². The van der Waals surface area contributed by atoms with Gasteiger partial charge in [-0.05, 0) is 60.6 Å². The van der Waals surface area contributed by atoms with Crippen molar-refractivity contribution in [2.45, 2.75) is 51.1 Å². The lowest BCUT2D eigenvalue weighted by atomic mass is 9.95. The van der Waals surface area contributed by atoms with Gasteiger partial charge in [0.15, 0.2) is 11.5 Å². The molecular formula is C27H35N3O7. The standard InChI is InChI=1S/C27H35N3O7/c1-15(31)30-20-10-8-16-13-23(35-2)25(36-3)26(37-4)24(16)17-9-11-21(22(32)14-18(17)20)29-12-6-5-7-19(28)27(33)34/h9,11,13-14,19-20H,5-8,10,12,28H2,1-4H3,(H,29,32)(H,30,31)(H,33,34). The molecule has 0 saturated heterocycles. The Morgan fingerprint density at radius 3 is 2.46 bits per heavy atom. The number of carboxylic acids is 1. The van der Waals surface area contributed by atoms with Crippen LogP contribution in [0.25, 0.3) is 11.1 Å². The predicted molar refractivity (Wildman–Crippen MR) is 137 cm³/mol. The molecule has 2 aromatic rings. The van der Waals surface area contributed by atoms with Crippen molar-refractivity contribution >= 4 is 17.6 Å². The molecule has 1 amide bonds. The van der Waals surface area contributed by atoms with Crippen LogP contribution in [0.3, 0.4) is 0 Å². The quantitative estimate of drug-likeness (QED) is 0.373. The fraction of sp³-hybridized carbons (Fsp3) is 0.444. The van der Waals surface area contributed by atoms with E-state index in [1.807, 2.05) is 12.1 Å². The highest BCUT2D eigenvalue weighted by Gasteiger charge is 2.29. The van der Waals surface area contributed by atoms with Gasteiger partial charge in [-0.15, -0.1) is 0 Å². The minimum absolute atomic E-state index is 0.193. The highest BCUT2D eigenvalue weighted by atomic mass is 16.5. The fourth-order valence-electron chi connectivity index (χ4n) is 4.71. The van der Waals surface area contributed by atoms with E-state index in [0.717, 1.165) is 16.7 Å². The Morgan fingerprint density at radius 1 is 1.11 bits per heavy atom. The van der Waals surface area contributed by atoms with Crippen LogP contribution >= 0.6 is 0 Å². The molecule has 0 aromatic heterocycles. The minimum Gasteiger partial charge on any atom is -0.544 e. The molecule has 2 atom stereocenters. The lowest BCUT2D eigenvalue weighted by molar-refractivity contribution is -0.438. The first-order valence-electron chi connectivity index (χ1n) is 12.3. The molecule has 5 N–H and O–H groups in total. The first-order valence-corrected chi connectivity index (χ1v) is 12.3. The maximum absolute atomic E-state index is 13.2. The van der Waals surface area contributed by atoms with E-state index in [2.05, 4.69) is 16.4 Å². The van der Waals surface area contributed by atoms with Gasteiger partial charge >= 0.3 is 0 Å². The molecule has 0 bridgehead atoms. The SMILES string of the molecule is COc1cc2c(c(OC)c1OC)-c1ccc(NCCCCC([NH3+])C(=O)[O-])c(=O)cc1C(NC(C)=O)CC2. The molecule has 0 saturated carbocycles. The topological polar surface area (TPSA) is 154 Å². The van der Waals surface area contributed by atoms with Crippen LogP contribution in [0.1, 0.15) is 49.8 Å². The summed E-state index contributed by atoms with van der Waals surface area (Å²) < 4.78 is 16.9. The Hall–Kier alpha value is -3.79. The van der Waals surface area contributed by atoms with Crippen molar-refractivity contribution in [1.29, 1.82) is 0 Å². The number of aliphatic carboxylic acids is 1. The van der Waals surface area contributed by atoms with Crippen molar-refractivity contribution in [2.24, 2.45) is 0 Å². The Balaban J connectivity index is 2.06. The second-order valence-corrected chi connectivity index (χ2v) is 9.03. The summed E-state index contributed by atoms with van der Waals surface area (Å²) in [7, 11) is 4.65. The minimum atomic E-state index is -1.16. The molecule has 0 fully saturated rings. The number of amides is 1. The zero-order chi connectivity index (χ0) is 27.1. The van der Waals surface area contributed by atoms with E-state index in [0.29, 0.717) is 67.1 Å². The molecule has 3 rings (SSSR count). The molecule has 200 valence electrons. The van der Waals surface area contributed by atoms with Gasteiger partial charge in [-0.2, -0.15) is 0 Å². The number of hydrogen-bond acceptors (Lipinski definition) is 8. The molecule has 10 heteroatoms. The largest absolute Gasteiger partial charge is 0.544 e. The fourth-order valence-corrected chi connectivity index (χ4v) is 4.71. The molecule has 2 aromatic carbocycles. The third-order valence-corrected chi connectivity index (χ3v) is 6.54. The van der Waals surface area contributed by atoms with Gasteiger partial charge < -0.3 is 40.5 Å². The van der Waals surface area contributed by atoms with Crippen LogP contribution in [0.5, 0.6) is 17.2 Å². The van der Waals surface area contributed by atoms with Crippen LogP contribution < -0.4 is 41.1 Å². The molecule has 0 radical (unpaired) electrons. The number of aryl methyl sites for hydroxylation is 1. The van der Waals surface area contributed by atoms with Gasteiger partial charge in [-0.1, -0.05) is 6.07 Å². The summed E-state index contributed by atoms with van der Waals surface area (Å²) in [6, 6.07) is 5.91. The summed E-state index contributed by atoms with van der Waals surface area (Å²) in [5.41, 5.74) is 6.92. The monoisotopic (exact) mass is 513 g/mol. The average molecular weight is 514 g/mol. The lowest BCUT2D eigenvalue weighted by Gasteiger charge is -2.19. The maximum Gasteiger partial charge on any atom is 0.217 e. The summed E-state index contributed by atoms with van der Waals surface area (Å²) in [5, 5.41) is 17.0. The van der Waals surface area contributed by atoms with E-state index in [-0.39, 0.29) is 17.4 Å². The van der Waals surface area contributed by atoms with Crippen molar-refractivity contribution < 1.29 is 34.6 Å². The number of hydrogen-bond donors (Lipinski definition) is 3. The van der Waals surface area contributed by atoms with E-state index >= 15 is 0 Å². The molecule has 0 aliphatic heterocycles. The Labute approximate surface area is 216 Å². The second kappa shape index (κ2) is 12.4. The van der Waals surface area contributed by atoms with Crippen LogP contribution in [-0.4, -0.2) is 45.8 Å². The first-order chi connectivity index (χ1) is 17.7. The van der Waals surface area contributed by atoms with Crippen LogP contribution in [0, 0.1) is 0 Å². The number of carbonyl (C=O) groups excluding carboxylic acids is 2. The van der Waals surface area contributed by atoms with Crippen molar-refractivity contribution in [3.63, 3.8) is 0 Å². The molecule has 0 spiro atoms. The number of methoxy groups -OCH3 is 3. The molecule has 10 nitrogen and oxygen atoms in total. The van der Waals surface area contributed by atoms with E-state index in [1.54, 1.807) is 26.4 Å². The Morgan fingerprint density at radius 2 is 1.84 bits per heavy atom. The van der Waals surface area contributed by atoms with Gasteiger partial charge in [-0.3, -0.25) is 9.59 Å². The van der Waals surface area contributed by atoms with Crippen LogP contribution in [0.4, 0.5) is 5.69 Å². The van der Waals surface area contributed by atoms with Crippen molar-refractivity contribution in [3.05, 3.63) is 45.6 Å². The molecule has 1 aliphatic rings. The van der Waals surface area contributed by atoms with Gasteiger partial charge in [0.1, 0.15) is 6.04 Å². The number of rotatable bonds is 11. The summed E-state index contributed by atoms with van der Waals surface area (Å²) in [6.07, 6.45) is 2.91. The smallest absolute Gasteiger partial charge is 0.217 e. The summed E-state index contributed by atoms with van der Waals surface area (Å²) >= 11 is 0. The Kier molecular flexibility index (Phi) is 9.35. The van der Waals surface area contributed by atoms with Gasteiger partial charge in [-0.25, -0.2) is 0 Å². The molecule has 0 heterocycles. The lowest BCUT2D eigenvalue weighted by Crippen LogP contribution is -2.68. The van der Waals surface area contributed by atoms with Crippen molar-refractivity contribution in [3.8, 4) is 28.4 Å². The average Bonchev–Trinajstić information content (AvgIpc) is 3.11. The van der Waals surface area contributed by atoms with Gasteiger partial charge in [0.2, 0.25) is 17.1 Å². The number of quaternary nitrogens is 1. The van der Waals surface area contributed by atoms with Crippen LogP contribution in [0.2, 0.25) is 0 Å². The highest BCUT2D eigenvalue weighted by molar-refractivity contribution is 5.83. The number of anilines is 1. The third-order valence-electron chi connectivity index (χ3n) is 6.54. The van der Waals surface area contributed by atoms with Crippen LogP contribution in [-0.2, 0) is 16.0 Å². The summed E-state index contributed by atoms with van der Waals surface area (Å²) in [6.45, 7) is 1.94. The van der Waals surface area contributed by atoms with Gasteiger partial charge in [0.05, 0.1) is 39.0 Å². The number of unbranched alkanes of at least 4 members (excludes halogenated alkanes) is 1.